The van der Waals surface area contributed by atoms with E-state index in [1.165, 1.54) is 4.90 Å². The number of carbonyl (C=O) groups excluding carboxylic acids is 4. The van der Waals surface area contributed by atoms with Crippen LogP contribution < -0.4 is 5.32 Å². The number of nitrogens with zero attached hydrogens (tertiary/aromatic N) is 1. The average molecular weight is 457 g/mol. The Morgan fingerprint density at radius 2 is 1.79 bits per heavy atom. The predicted octanol–water partition coefficient (Wildman–Crippen LogP) is 4.56. The summed E-state index contributed by atoms with van der Waals surface area (Å²) in [5.74, 6) is -0.908. The van der Waals surface area contributed by atoms with Crippen LogP contribution in [0.3, 0.4) is 0 Å². The fraction of sp³-hybridized carbons (Fsp3) is 0.615. The largest absolute Gasteiger partial charge is 0.462 e. The van der Waals surface area contributed by atoms with Gasteiger partial charge in [0.1, 0.15) is 0 Å². The van der Waals surface area contributed by atoms with E-state index in [1.54, 1.807) is 24.3 Å². The van der Waals surface area contributed by atoms with E-state index in [2.05, 4.69) is 12.2 Å². The van der Waals surface area contributed by atoms with Crippen molar-refractivity contribution < 1.29 is 23.9 Å². The van der Waals surface area contributed by atoms with Crippen molar-refractivity contribution >= 4 is 29.4 Å². The fourth-order valence-electron chi connectivity index (χ4n) is 5.02. The molecule has 2 fully saturated rings. The minimum absolute atomic E-state index is 0.0995. The van der Waals surface area contributed by atoms with Gasteiger partial charge < -0.3 is 10.1 Å². The van der Waals surface area contributed by atoms with E-state index >= 15 is 0 Å². The number of esters is 1. The van der Waals surface area contributed by atoms with Crippen LogP contribution in [0.25, 0.3) is 0 Å². The highest BCUT2D eigenvalue weighted by Crippen LogP contribution is 2.60. The first-order valence-electron chi connectivity index (χ1n) is 12.0. The number of hydrogen-bond donors (Lipinski definition) is 1. The lowest BCUT2D eigenvalue weighted by Gasteiger charge is -2.47. The average Bonchev–Trinajstić information content (AvgIpc) is 2.97. The van der Waals surface area contributed by atoms with Crippen LogP contribution in [0.15, 0.2) is 24.3 Å². The summed E-state index contributed by atoms with van der Waals surface area (Å²) in [5.41, 5.74) is 0.174. The third-order valence-electron chi connectivity index (χ3n) is 7.68. The molecule has 2 atom stereocenters. The summed E-state index contributed by atoms with van der Waals surface area (Å²) in [5, 5.41) is 2.80. The van der Waals surface area contributed by atoms with E-state index < -0.39 is 5.41 Å². The zero-order valence-electron chi connectivity index (χ0n) is 20.2. The molecule has 180 valence electrons. The number of rotatable bonds is 10. The SMILES string of the molecule is CCCCCOC(=O)c1ccc(NC(=O)CCCN2C(=O)C3CCC(C)(C2=O)C3(C)C)cc1. The molecule has 2 aliphatic rings. The monoisotopic (exact) mass is 456 g/mol. The van der Waals surface area contributed by atoms with E-state index in [1.807, 2.05) is 20.8 Å². The molecule has 1 aromatic rings. The number of fused-ring (bicyclic) bond motifs is 2. The molecule has 1 N–H and O–H groups in total. The number of imide groups is 1. The second kappa shape index (κ2) is 10.1. The lowest BCUT2D eigenvalue weighted by molar-refractivity contribution is -0.168. The normalized spacial score (nSPS) is 23.5. The number of nitrogens with one attached hydrogen (secondary N) is 1. The Balaban J connectivity index is 1.46. The van der Waals surface area contributed by atoms with E-state index in [4.69, 9.17) is 4.74 Å². The van der Waals surface area contributed by atoms with E-state index in [0.29, 0.717) is 24.3 Å². The van der Waals surface area contributed by atoms with Gasteiger partial charge in [-0.2, -0.15) is 0 Å². The van der Waals surface area contributed by atoms with E-state index in [9.17, 15) is 19.2 Å². The zero-order chi connectivity index (χ0) is 24.2. The fourth-order valence-corrected chi connectivity index (χ4v) is 5.02. The third kappa shape index (κ3) is 4.97. The number of carbonyl (C=O) groups is 4. The van der Waals surface area contributed by atoms with Crippen molar-refractivity contribution in [3.63, 3.8) is 0 Å². The molecule has 2 bridgehead atoms. The zero-order valence-corrected chi connectivity index (χ0v) is 20.2. The van der Waals surface area contributed by atoms with Gasteiger partial charge in [0.25, 0.3) is 0 Å². The van der Waals surface area contributed by atoms with Crippen LogP contribution in [0.2, 0.25) is 0 Å². The van der Waals surface area contributed by atoms with Crippen LogP contribution in [-0.4, -0.2) is 41.7 Å². The topological polar surface area (TPSA) is 92.8 Å². The van der Waals surface area contributed by atoms with E-state index in [-0.39, 0.29) is 48.0 Å². The van der Waals surface area contributed by atoms with Gasteiger partial charge in [-0.05, 0) is 55.4 Å². The van der Waals surface area contributed by atoms with Crippen molar-refractivity contribution in [2.24, 2.45) is 16.7 Å². The summed E-state index contributed by atoms with van der Waals surface area (Å²) in [6, 6.07) is 6.58. The molecule has 1 aliphatic carbocycles. The van der Waals surface area contributed by atoms with E-state index in [0.717, 1.165) is 32.1 Å². The Morgan fingerprint density at radius 3 is 2.45 bits per heavy atom. The number of amides is 3. The molecule has 7 heteroatoms. The Morgan fingerprint density at radius 1 is 1.09 bits per heavy atom. The number of hydrogen-bond acceptors (Lipinski definition) is 5. The van der Waals surface area contributed by atoms with Gasteiger partial charge in [-0.1, -0.05) is 40.5 Å². The van der Waals surface area contributed by atoms with Gasteiger partial charge in [-0.3, -0.25) is 19.3 Å². The van der Waals surface area contributed by atoms with Crippen molar-refractivity contribution in [2.45, 2.75) is 72.6 Å². The van der Waals surface area contributed by atoms with Crippen LogP contribution in [-0.2, 0) is 19.1 Å². The number of likely N-dealkylation sites (tertiary alicyclic amines) is 1. The van der Waals surface area contributed by atoms with Crippen molar-refractivity contribution in [3.05, 3.63) is 29.8 Å². The minimum atomic E-state index is -0.521. The first-order valence-corrected chi connectivity index (χ1v) is 12.0. The molecule has 1 saturated carbocycles. The minimum Gasteiger partial charge on any atom is -0.462 e. The maximum atomic E-state index is 13.0. The molecular weight excluding hydrogens is 420 g/mol. The highest BCUT2D eigenvalue weighted by molar-refractivity contribution is 6.03. The summed E-state index contributed by atoms with van der Waals surface area (Å²) in [6.07, 6.45) is 5.02. The molecule has 0 spiro atoms. The molecule has 3 amide bonds. The smallest absolute Gasteiger partial charge is 0.338 e. The molecule has 33 heavy (non-hydrogen) atoms. The molecule has 0 aromatic heterocycles. The number of ether oxygens (including phenoxy) is 1. The van der Waals surface area contributed by atoms with Crippen LogP contribution >= 0.6 is 0 Å². The first-order chi connectivity index (χ1) is 15.6. The van der Waals surface area contributed by atoms with Crippen LogP contribution in [0.4, 0.5) is 5.69 Å². The molecule has 1 aliphatic heterocycles. The quantitative estimate of drug-likeness (QED) is 0.316. The van der Waals surface area contributed by atoms with Crippen LogP contribution in [0, 0.1) is 16.7 Å². The number of benzene rings is 1. The summed E-state index contributed by atoms with van der Waals surface area (Å²) in [7, 11) is 0. The highest BCUT2D eigenvalue weighted by atomic mass is 16.5. The van der Waals surface area contributed by atoms with Gasteiger partial charge in [0, 0.05) is 24.6 Å². The number of anilines is 1. The van der Waals surface area contributed by atoms with Crippen LogP contribution in [0.5, 0.6) is 0 Å². The van der Waals surface area contributed by atoms with Gasteiger partial charge in [-0.15, -0.1) is 0 Å². The molecule has 3 rings (SSSR count). The molecule has 1 heterocycles. The molecule has 1 saturated heterocycles. The highest BCUT2D eigenvalue weighted by Gasteiger charge is 2.64. The Hall–Kier alpha value is -2.70. The maximum absolute atomic E-state index is 13.0. The van der Waals surface area contributed by atoms with Crippen LogP contribution in [0.1, 0.15) is 83.0 Å². The maximum Gasteiger partial charge on any atom is 0.338 e. The summed E-state index contributed by atoms with van der Waals surface area (Å²) < 4.78 is 5.23. The number of unbranched alkanes of at least 4 members (excludes halogenated alkanes) is 2. The lowest BCUT2D eigenvalue weighted by Crippen LogP contribution is -2.59. The summed E-state index contributed by atoms with van der Waals surface area (Å²) in [4.78, 5) is 51.7. The van der Waals surface area contributed by atoms with Gasteiger partial charge in [0.05, 0.1) is 17.6 Å². The standard InChI is InChI=1S/C26H36N2O5/c1-5-6-7-17-33-23(31)18-10-12-19(13-11-18)27-21(29)9-8-16-28-22(30)20-14-15-26(4,24(28)32)25(20,2)3/h10-13,20H,5-9,14-17H2,1-4H3,(H,27,29). The Kier molecular flexibility index (Phi) is 7.60. The van der Waals surface area contributed by atoms with Gasteiger partial charge >= 0.3 is 5.97 Å². The predicted molar refractivity (Wildman–Crippen MR) is 125 cm³/mol. The van der Waals surface area contributed by atoms with Crippen molar-refractivity contribution in [2.75, 3.05) is 18.5 Å². The summed E-state index contributed by atoms with van der Waals surface area (Å²) in [6.45, 7) is 8.75. The van der Waals surface area contributed by atoms with Gasteiger partial charge in [-0.25, -0.2) is 4.79 Å². The molecular formula is C26H36N2O5. The van der Waals surface area contributed by atoms with Crippen molar-refractivity contribution in [3.8, 4) is 0 Å². The van der Waals surface area contributed by atoms with Gasteiger partial charge in [0.2, 0.25) is 17.7 Å². The molecule has 0 radical (unpaired) electrons. The summed E-state index contributed by atoms with van der Waals surface area (Å²) >= 11 is 0. The molecule has 7 nitrogen and oxygen atoms in total. The van der Waals surface area contributed by atoms with Crippen molar-refractivity contribution in [1.29, 1.82) is 0 Å². The number of piperidine rings is 1. The Labute approximate surface area is 196 Å². The lowest BCUT2D eigenvalue weighted by atomic mass is 9.62. The van der Waals surface area contributed by atoms with Gasteiger partial charge in [0.15, 0.2) is 0 Å². The Bertz CT molecular complexity index is 908. The second-order valence-electron chi connectivity index (χ2n) is 10.0. The third-order valence-corrected chi connectivity index (χ3v) is 7.68. The first kappa shape index (κ1) is 24.9. The van der Waals surface area contributed by atoms with Crippen molar-refractivity contribution in [1.82, 2.24) is 4.90 Å². The molecule has 2 unspecified atom stereocenters. The molecule has 1 aromatic carbocycles. The second-order valence-corrected chi connectivity index (χ2v) is 10.0.